The Labute approximate surface area is 66.5 Å². The van der Waals surface area contributed by atoms with E-state index in [0.29, 0.717) is 13.1 Å². The lowest BCUT2D eigenvalue weighted by Crippen LogP contribution is -2.19. The van der Waals surface area contributed by atoms with E-state index in [-0.39, 0.29) is 5.62 Å². The molecule has 0 rings (SSSR count). The first-order valence-corrected chi connectivity index (χ1v) is 5.54. The monoisotopic (exact) mass is 185 g/mol. The summed E-state index contributed by atoms with van der Waals surface area (Å²) in [7, 11) is -3.18. The van der Waals surface area contributed by atoms with E-state index in [2.05, 4.69) is 0 Å². The molecule has 1 N–H and O–H groups in total. The van der Waals surface area contributed by atoms with Crippen LogP contribution in [-0.4, -0.2) is 28.3 Å². The molecule has 5 heteroatoms. The summed E-state index contributed by atoms with van der Waals surface area (Å²) in [5.41, 5.74) is -0.186. The van der Waals surface area contributed by atoms with Gasteiger partial charge in [-0.05, 0) is 0 Å². The van der Waals surface area contributed by atoms with Crippen molar-refractivity contribution >= 4 is 19.1 Å². The summed E-state index contributed by atoms with van der Waals surface area (Å²) in [6.45, 7) is 4.80. The van der Waals surface area contributed by atoms with E-state index in [1.807, 2.05) is 13.8 Å². The second-order valence-electron chi connectivity index (χ2n) is 1.92. The third-order valence-electron chi connectivity index (χ3n) is 1.33. The molecule has 1 unspecified atom stereocenters. The summed E-state index contributed by atoms with van der Waals surface area (Å²) in [6, 6.07) is 0. The fourth-order valence-corrected chi connectivity index (χ4v) is 2.23. The van der Waals surface area contributed by atoms with Crippen molar-refractivity contribution in [2.24, 2.45) is 0 Å². The maximum atomic E-state index is 11.1. The van der Waals surface area contributed by atoms with Crippen molar-refractivity contribution in [3.63, 3.8) is 0 Å². The molecule has 0 heterocycles. The van der Waals surface area contributed by atoms with Crippen LogP contribution in [0.2, 0.25) is 0 Å². The highest BCUT2D eigenvalue weighted by Crippen LogP contribution is 2.45. The lowest BCUT2D eigenvalue weighted by atomic mass is 10.7. The summed E-state index contributed by atoms with van der Waals surface area (Å²) < 4.78 is 12.6. The first kappa shape index (κ1) is 10.4. The Bertz CT molecular complexity index is 138. The number of hydrogen-bond acceptors (Lipinski definition) is 1. The third kappa shape index (κ3) is 2.59. The number of nitrogens with zero attached hydrogens (tertiary/aromatic N) is 1. The molecular formula is C5H13ClNO2P. The molecule has 0 saturated heterocycles. The molecule has 0 saturated carbocycles. The van der Waals surface area contributed by atoms with E-state index in [1.165, 1.54) is 4.67 Å². The van der Waals surface area contributed by atoms with Crippen molar-refractivity contribution in [2.45, 2.75) is 13.8 Å². The minimum absolute atomic E-state index is 0.186. The molecule has 62 valence electrons. The first-order chi connectivity index (χ1) is 4.58. The lowest BCUT2D eigenvalue weighted by Gasteiger charge is -2.22. The number of halogens is 1. The van der Waals surface area contributed by atoms with Gasteiger partial charge < -0.3 is 4.89 Å². The van der Waals surface area contributed by atoms with Gasteiger partial charge in [0.2, 0.25) is 0 Å². The summed E-state index contributed by atoms with van der Waals surface area (Å²) in [5.74, 6) is 0. The maximum Gasteiger partial charge on any atom is 0.284 e. The molecule has 3 nitrogen and oxygen atoms in total. The van der Waals surface area contributed by atoms with E-state index in [9.17, 15) is 4.57 Å². The molecule has 0 radical (unpaired) electrons. The molecule has 0 aliphatic heterocycles. The Hall–Kier alpha value is 0.440. The minimum Gasteiger partial charge on any atom is -0.332 e. The predicted octanol–water partition coefficient (Wildman–Crippen LogP) is 1.71. The van der Waals surface area contributed by atoms with Crippen LogP contribution in [0.4, 0.5) is 0 Å². The van der Waals surface area contributed by atoms with Gasteiger partial charge in [-0.2, -0.15) is 0 Å². The highest BCUT2D eigenvalue weighted by molar-refractivity contribution is 7.57. The molecule has 0 aromatic carbocycles. The van der Waals surface area contributed by atoms with Crippen LogP contribution < -0.4 is 0 Å². The van der Waals surface area contributed by atoms with Crippen molar-refractivity contribution in [3.8, 4) is 0 Å². The van der Waals surface area contributed by atoms with Crippen LogP contribution in [0.5, 0.6) is 0 Å². The van der Waals surface area contributed by atoms with E-state index in [4.69, 9.17) is 16.5 Å². The van der Waals surface area contributed by atoms with Crippen LogP contribution in [0.1, 0.15) is 13.8 Å². The van der Waals surface area contributed by atoms with E-state index in [1.54, 1.807) is 0 Å². The zero-order valence-corrected chi connectivity index (χ0v) is 7.90. The normalized spacial score (nSPS) is 17.3. The second-order valence-corrected chi connectivity index (χ2v) is 4.77. The molecule has 0 fully saturated rings. The van der Waals surface area contributed by atoms with Crippen LogP contribution in [0.3, 0.4) is 0 Å². The van der Waals surface area contributed by atoms with Gasteiger partial charge in [0.25, 0.3) is 7.52 Å². The van der Waals surface area contributed by atoms with Crippen LogP contribution in [0.25, 0.3) is 0 Å². The number of alkyl halides is 1. The molecule has 0 aromatic heterocycles. The number of hydrogen-bond donors (Lipinski definition) is 1. The fourth-order valence-electron chi connectivity index (χ4n) is 0.741. The molecule has 0 aliphatic rings. The molecule has 0 amide bonds. The van der Waals surface area contributed by atoms with Crippen molar-refractivity contribution in [2.75, 3.05) is 18.7 Å². The van der Waals surface area contributed by atoms with Crippen molar-refractivity contribution < 1.29 is 9.46 Å². The maximum absolute atomic E-state index is 11.1. The zero-order chi connectivity index (χ0) is 8.20. The van der Waals surface area contributed by atoms with Crippen LogP contribution >= 0.6 is 19.1 Å². The van der Waals surface area contributed by atoms with Gasteiger partial charge in [-0.1, -0.05) is 13.8 Å². The van der Waals surface area contributed by atoms with E-state index < -0.39 is 7.52 Å². The minimum atomic E-state index is -3.18. The van der Waals surface area contributed by atoms with Crippen LogP contribution in [0, 0.1) is 0 Å². The molecular weight excluding hydrogens is 172 g/mol. The summed E-state index contributed by atoms with van der Waals surface area (Å²) in [4.78, 5) is 9.13. The average molecular weight is 186 g/mol. The second kappa shape index (κ2) is 4.35. The molecule has 10 heavy (non-hydrogen) atoms. The standard InChI is InChI=1S/C5H13ClNO2P/c1-3-7(4-2)10(8,9)5-6/h3-5H2,1-2H3,(H,8,9). The Balaban J connectivity index is 4.12. The van der Waals surface area contributed by atoms with E-state index >= 15 is 0 Å². The SMILES string of the molecule is CCN(CC)P(=O)(O)CCl. The smallest absolute Gasteiger partial charge is 0.284 e. The van der Waals surface area contributed by atoms with Crippen molar-refractivity contribution in [1.29, 1.82) is 0 Å². The zero-order valence-electron chi connectivity index (χ0n) is 6.25. The van der Waals surface area contributed by atoms with Gasteiger partial charge in [-0.25, -0.2) is 4.67 Å². The van der Waals surface area contributed by atoms with Gasteiger partial charge >= 0.3 is 0 Å². The average Bonchev–Trinajstić information content (AvgIpc) is 1.90. The van der Waals surface area contributed by atoms with E-state index in [0.717, 1.165) is 0 Å². The quantitative estimate of drug-likeness (QED) is 0.536. The Morgan fingerprint density at radius 1 is 1.50 bits per heavy atom. The first-order valence-electron chi connectivity index (χ1n) is 3.21. The molecule has 0 bridgehead atoms. The molecule has 0 aliphatic carbocycles. The highest BCUT2D eigenvalue weighted by atomic mass is 35.5. The summed E-state index contributed by atoms with van der Waals surface area (Å²) in [5, 5.41) is 0. The van der Waals surface area contributed by atoms with Crippen molar-refractivity contribution in [3.05, 3.63) is 0 Å². The summed E-state index contributed by atoms with van der Waals surface area (Å²) in [6.07, 6.45) is 0. The number of rotatable bonds is 4. The Kier molecular flexibility index (Phi) is 4.54. The molecule has 1 atom stereocenters. The van der Waals surface area contributed by atoms with Gasteiger partial charge in [0.15, 0.2) is 0 Å². The molecule has 0 spiro atoms. The van der Waals surface area contributed by atoms with Gasteiger partial charge in [0.05, 0.1) is 0 Å². The largest absolute Gasteiger partial charge is 0.332 e. The Morgan fingerprint density at radius 2 is 1.90 bits per heavy atom. The highest BCUT2D eigenvalue weighted by Gasteiger charge is 2.23. The van der Waals surface area contributed by atoms with Crippen molar-refractivity contribution in [1.82, 2.24) is 4.67 Å². The Morgan fingerprint density at radius 3 is 2.00 bits per heavy atom. The predicted molar refractivity (Wildman–Crippen MR) is 43.5 cm³/mol. The van der Waals surface area contributed by atoms with Gasteiger partial charge in [-0.15, -0.1) is 11.6 Å². The van der Waals surface area contributed by atoms with Gasteiger partial charge in [0.1, 0.15) is 5.62 Å². The van der Waals surface area contributed by atoms with Gasteiger partial charge in [0, 0.05) is 13.1 Å². The van der Waals surface area contributed by atoms with Crippen LogP contribution in [-0.2, 0) is 4.57 Å². The lowest BCUT2D eigenvalue weighted by molar-refractivity contribution is 0.369. The van der Waals surface area contributed by atoms with Gasteiger partial charge in [-0.3, -0.25) is 4.57 Å². The van der Waals surface area contributed by atoms with Crippen LogP contribution in [0.15, 0.2) is 0 Å². The topological polar surface area (TPSA) is 40.5 Å². The molecule has 0 aromatic rings. The third-order valence-corrected chi connectivity index (χ3v) is 4.02. The summed E-state index contributed by atoms with van der Waals surface area (Å²) >= 11 is 5.29. The fraction of sp³-hybridized carbons (Fsp3) is 1.00.